The molecule has 0 heterocycles. The molecule has 0 aromatic heterocycles. The van der Waals surface area contributed by atoms with Crippen molar-refractivity contribution in [1.29, 1.82) is 0 Å². The fraction of sp³-hybridized carbons (Fsp3) is 1.00. The molecule has 128 valence electrons. The van der Waals surface area contributed by atoms with Crippen LogP contribution in [-0.2, 0) is 0 Å². The highest BCUT2D eigenvalue weighted by Gasteiger charge is 2.69. The molecule has 0 saturated heterocycles. The summed E-state index contributed by atoms with van der Waals surface area (Å²) in [4.78, 5) is 0. The quantitative estimate of drug-likeness (QED) is 0.503. The number of halogens is 6. The van der Waals surface area contributed by atoms with Gasteiger partial charge in [-0.25, -0.2) is 0 Å². The van der Waals surface area contributed by atoms with Crippen molar-refractivity contribution in [2.75, 3.05) is 0 Å². The molecule has 6 heteroatoms. The van der Waals surface area contributed by atoms with E-state index in [9.17, 15) is 26.3 Å². The van der Waals surface area contributed by atoms with E-state index >= 15 is 0 Å². The third-order valence-electron chi connectivity index (χ3n) is 3.69. The summed E-state index contributed by atoms with van der Waals surface area (Å²) >= 11 is 0. The van der Waals surface area contributed by atoms with Gasteiger partial charge in [-0.15, -0.1) is 0 Å². The van der Waals surface area contributed by atoms with Gasteiger partial charge in [0, 0.05) is 0 Å². The Morgan fingerprint density at radius 3 is 0.857 bits per heavy atom. The maximum atomic E-state index is 13.3. The second kappa shape index (κ2) is 5.99. The van der Waals surface area contributed by atoms with E-state index in [1.807, 2.05) is 0 Å². The molecule has 0 N–H and O–H groups in total. The molecule has 0 aromatic rings. The standard InChI is InChI=1S/C15H26F6/c1-11(2,3)7-9-13(14(16,17)18,15(19,20)21)10-8-12(4,5)6/h7-10H2,1-6H3. The number of alkyl halides is 6. The van der Waals surface area contributed by atoms with Crippen LogP contribution in [0.15, 0.2) is 0 Å². The topological polar surface area (TPSA) is 0 Å². The van der Waals surface area contributed by atoms with Gasteiger partial charge < -0.3 is 0 Å². The molecule has 0 aliphatic carbocycles. The van der Waals surface area contributed by atoms with E-state index in [0.717, 1.165) is 0 Å². The molecule has 21 heavy (non-hydrogen) atoms. The zero-order valence-electron chi connectivity index (χ0n) is 13.6. The van der Waals surface area contributed by atoms with Crippen molar-refractivity contribution in [3.8, 4) is 0 Å². The average Bonchev–Trinajstić information content (AvgIpc) is 2.09. The monoisotopic (exact) mass is 320 g/mol. The van der Waals surface area contributed by atoms with Crippen LogP contribution in [0.2, 0.25) is 0 Å². The molecule has 0 rings (SSSR count). The summed E-state index contributed by atoms with van der Waals surface area (Å²) in [7, 11) is 0. The van der Waals surface area contributed by atoms with Crippen LogP contribution in [0.1, 0.15) is 67.2 Å². The number of rotatable bonds is 4. The Labute approximate surface area is 123 Å². The average molecular weight is 320 g/mol. The van der Waals surface area contributed by atoms with E-state index in [4.69, 9.17) is 0 Å². The van der Waals surface area contributed by atoms with Crippen LogP contribution in [0.5, 0.6) is 0 Å². The maximum absolute atomic E-state index is 13.3. The van der Waals surface area contributed by atoms with Gasteiger partial charge in [-0.3, -0.25) is 0 Å². The van der Waals surface area contributed by atoms with Gasteiger partial charge in [0.05, 0.1) is 0 Å². The highest BCUT2D eigenvalue weighted by Crippen LogP contribution is 2.57. The summed E-state index contributed by atoms with van der Waals surface area (Å²) in [6.07, 6.45) is -12.7. The Morgan fingerprint density at radius 2 is 0.714 bits per heavy atom. The van der Waals surface area contributed by atoms with Gasteiger partial charge in [-0.2, -0.15) is 26.3 Å². The predicted octanol–water partition coefficient (Wildman–Crippen LogP) is 6.75. The van der Waals surface area contributed by atoms with E-state index in [2.05, 4.69) is 0 Å². The summed E-state index contributed by atoms with van der Waals surface area (Å²) in [6, 6.07) is 0. The molecule has 0 fully saturated rings. The van der Waals surface area contributed by atoms with E-state index in [1.165, 1.54) is 0 Å². The Balaban J connectivity index is 5.57. The lowest BCUT2D eigenvalue weighted by atomic mass is 9.71. The van der Waals surface area contributed by atoms with E-state index in [1.54, 1.807) is 41.5 Å². The molecule has 0 nitrogen and oxygen atoms in total. The Bertz CT molecular complexity index is 290. The molecule has 0 bridgehead atoms. The molecule has 0 aliphatic rings. The first-order chi connectivity index (χ1) is 8.91. The predicted molar refractivity (Wildman–Crippen MR) is 71.9 cm³/mol. The van der Waals surface area contributed by atoms with Crippen LogP contribution in [0.4, 0.5) is 26.3 Å². The van der Waals surface area contributed by atoms with E-state index in [-0.39, 0.29) is 12.8 Å². The molecule has 0 radical (unpaired) electrons. The zero-order chi connectivity index (χ0) is 17.3. The van der Waals surface area contributed by atoms with Crippen molar-refractivity contribution in [1.82, 2.24) is 0 Å². The highest BCUT2D eigenvalue weighted by atomic mass is 19.4. The minimum absolute atomic E-state index is 0.129. The summed E-state index contributed by atoms with van der Waals surface area (Å²) in [5.74, 6) is 0. The van der Waals surface area contributed by atoms with Gasteiger partial charge in [-0.1, -0.05) is 41.5 Å². The second-order valence-corrected chi connectivity index (χ2v) is 8.20. The van der Waals surface area contributed by atoms with E-state index < -0.39 is 41.4 Å². The summed E-state index contributed by atoms with van der Waals surface area (Å²) in [5, 5.41) is 0. The molecule has 0 amide bonds. The fourth-order valence-electron chi connectivity index (χ4n) is 2.03. The molecular weight excluding hydrogens is 294 g/mol. The largest absolute Gasteiger partial charge is 0.403 e. The van der Waals surface area contributed by atoms with Gasteiger partial charge >= 0.3 is 12.4 Å². The lowest BCUT2D eigenvalue weighted by Gasteiger charge is -2.40. The Hall–Kier alpha value is -0.420. The lowest BCUT2D eigenvalue weighted by Crippen LogP contribution is -2.50. The normalized spacial score (nSPS) is 15.4. The highest BCUT2D eigenvalue weighted by molar-refractivity contribution is 4.95. The first kappa shape index (κ1) is 20.6. The first-order valence-corrected chi connectivity index (χ1v) is 7.05. The SMILES string of the molecule is CC(C)(C)CCC(CCC(C)(C)C)(C(F)(F)F)C(F)(F)F. The Morgan fingerprint density at radius 1 is 0.476 bits per heavy atom. The van der Waals surface area contributed by atoms with Gasteiger partial charge in [0.15, 0.2) is 5.41 Å². The molecule has 0 unspecified atom stereocenters. The fourth-order valence-corrected chi connectivity index (χ4v) is 2.03. The van der Waals surface area contributed by atoms with Crippen molar-refractivity contribution in [3.63, 3.8) is 0 Å². The van der Waals surface area contributed by atoms with Crippen molar-refractivity contribution in [2.45, 2.75) is 79.6 Å². The first-order valence-electron chi connectivity index (χ1n) is 7.05. The zero-order valence-corrected chi connectivity index (χ0v) is 13.6. The van der Waals surface area contributed by atoms with Crippen LogP contribution < -0.4 is 0 Å². The van der Waals surface area contributed by atoms with Gasteiger partial charge in [0.25, 0.3) is 0 Å². The Kier molecular flexibility index (Phi) is 5.87. The van der Waals surface area contributed by atoms with Crippen LogP contribution in [0.25, 0.3) is 0 Å². The number of hydrogen-bond acceptors (Lipinski definition) is 0. The van der Waals surface area contributed by atoms with Gasteiger partial charge in [-0.05, 0) is 36.5 Å². The molecule has 0 atom stereocenters. The van der Waals surface area contributed by atoms with Crippen molar-refractivity contribution < 1.29 is 26.3 Å². The van der Waals surface area contributed by atoms with Crippen molar-refractivity contribution in [2.24, 2.45) is 16.2 Å². The van der Waals surface area contributed by atoms with Gasteiger partial charge in [0.2, 0.25) is 0 Å². The molecule has 0 saturated carbocycles. The molecular formula is C15H26F6. The molecule has 0 aromatic carbocycles. The van der Waals surface area contributed by atoms with E-state index in [0.29, 0.717) is 0 Å². The minimum atomic E-state index is -5.29. The third kappa shape index (κ3) is 6.07. The number of hydrogen-bond donors (Lipinski definition) is 0. The summed E-state index contributed by atoms with van der Waals surface area (Å²) in [5.41, 5.74) is -4.77. The second-order valence-electron chi connectivity index (χ2n) is 8.20. The van der Waals surface area contributed by atoms with Crippen molar-refractivity contribution >= 4 is 0 Å². The van der Waals surface area contributed by atoms with Crippen LogP contribution in [0, 0.1) is 16.2 Å². The maximum Gasteiger partial charge on any atom is 0.403 e. The minimum Gasteiger partial charge on any atom is -0.170 e. The molecule has 0 aliphatic heterocycles. The lowest BCUT2D eigenvalue weighted by molar-refractivity contribution is -0.348. The summed E-state index contributed by atoms with van der Waals surface area (Å²) in [6.45, 7) is 9.88. The van der Waals surface area contributed by atoms with Crippen molar-refractivity contribution in [3.05, 3.63) is 0 Å². The van der Waals surface area contributed by atoms with Gasteiger partial charge in [0.1, 0.15) is 0 Å². The van der Waals surface area contributed by atoms with Crippen LogP contribution >= 0.6 is 0 Å². The summed E-state index contributed by atoms with van der Waals surface area (Å²) < 4.78 is 79.8. The smallest absolute Gasteiger partial charge is 0.170 e. The van der Waals surface area contributed by atoms with Crippen LogP contribution in [0.3, 0.4) is 0 Å². The third-order valence-corrected chi connectivity index (χ3v) is 3.69. The molecule has 0 spiro atoms. The van der Waals surface area contributed by atoms with Crippen LogP contribution in [-0.4, -0.2) is 12.4 Å².